The summed E-state index contributed by atoms with van der Waals surface area (Å²) in [6, 6.07) is 2.08. The first-order valence-electron chi connectivity index (χ1n) is 4.20. The van der Waals surface area contributed by atoms with Crippen molar-refractivity contribution >= 4 is 17.0 Å². The molecule has 0 spiro atoms. The molecule has 2 aromatic heterocycles. The number of anilines is 1. The van der Waals surface area contributed by atoms with Crippen LogP contribution in [0.25, 0.3) is 10.6 Å². The van der Waals surface area contributed by atoms with Crippen LogP contribution < -0.4 is 5.32 Å². The predicted octanol–water partition coefficient (Wildman–Crippen LogP) is 2.37. The highest BCUT2D eigenvalue weighted by molar-refractivity contribution is 7.14. The lowest BCUT2D eigenvalue weighted by Gasteiger charge is -1.98. The molecule has 0 bridgehead atoms. The normalized spacial score (nSPS) is 14.2. The monoisotopic (exact) mass is 192 g/mol. The summed E-state index contributed by atoms with van der Waals surface area (Å²) in [5, 5.41) is 9.25. The first-order valence-corrected chi connectivity index (χ1v) is 5.08. The molecule has 2 aromatic rings. The molecule has 0 saturated carbocycles. The molecule has 0 aromatic carbocycles. The number of thiophene rings is 1. The number of hydrogen-bond acceptors (Lipinski definition) is 4. The van der Waals surface area contributed by atoms with Gasteiger partial charge in [-0.3, -0.25) is 0 Å². The molecule has 13 heavy (non-hydrogen) atoms. The number of hydrogen-bond donors (Lipinski definition) is 1. The number of rotatable bonds is 0. The van der Waals surface area contributed by atoms with E-state index in [1.54, 1.807) is 11.3 Å². The molecule has 0 aliphatic carbocycles. The van der Waals surface area contributed by atoms with E-state index in [0.717, 1.165) is 18.7 Å². The first-order chi connectivity index (χ1) is 6.45. The maximum absolute atomic E-state index is 5.24. The molecule has 4 heteroatoms. The van der Waals surface area contributed by atoms with Crippen molar-refractivity contribution in [2.24, 2.45) is 0 Å². The molecule has 0 amide bonds. The number of nitrogens with one attached hydrogen (secondary N) is 1. The Morgan fingerprint density at radius 1 is 1.54 bits per heavy atom. The molecular weight excluding hydrogens is 184 g/mol. The number of nitrogens with zero attached hydrogens (tertiary/aromatic N) is 1. The number of aromatic nitrogens is 1. The van der Waals surface area contributed by atoms with Gasteiger partial charge in [-0.1, -0.05) is 5.16 Å². The molecule has 1 N–H and O–H groups in total. The summed E-state index contributed by atoms with van der Waals surface area (Å²) >= 11 is 1.69. The van der Waals surface area contributed by atoms with Crippen LogP contribution in [-0.2, 0) is 6.42 Å². The Morgan fingerprint density at radius 2 is 2.54 bits per heavy atom. The van der Waals surface area contributed by atoms with Crippen molar-refractivity contribution in [1.82, 2.24) is 5.16 Å². The summed E-state index contributed by atoms with van der Waals surface area (Å²) < 4.78 is 5.24. The van der Waals surface area contributed by atoms with Gasteiger partial charge < -0.3 is 9.84 Å². The molecule has 3 heterocycles. The zero-order valence-corrected chi connectivity index (χ0v) is 7.73. The van der Waals surface area contributed by atoms with E-state index in [1.807, 2.05) is 6.20 Å². The van der Waals surface area contributed by atoms with Crippen molar-refractivity contribution in [2.75, 3.05) is 11.9 Å². The summed E-state index contributed by atoms with van der Waals surface area (Å²) in [7, 11) is 0. The fraction of sp³-hybridized carbons (Fsp3) is 0.222. The van der Waals surface area contributed by atoms with Crippen LogP contribution in [0.4, 0.5) is 5.69 Å². The largest absolute Gasteiger partial charge is 0.383 e. The van der Waals surface area contributed by atoms with Crippen molar-refractivity contribution in [2.45, 2.75) is 6.42 Å². The lowest BCUT2D eigenvalue weighted by Crippen LogP contribution is -2.01. The summed E-state index contributed by atoms with van der Waals surface area (Å²) in [6.45, 7) is 0.956. The maximum atomic E-state index is 5.24. The van der Waals surface area contributed by atoms with Crippen LogP contribution in [0.5, 0.6) is 0 Å². The molecule has 3 rings (SSSR count). The fourth-order valence-corrected chi connectivity index (χ4v) is 2.46. The maximum Gasteiger partial charge on any atom is 0.182 e. The quantitative estimate of drug-likeness (QED) is 0.696. The van der Waals surface area contributed by atoms with E-state index in [4.69, 9.17) is 4.52 Å². The Bertz CT molecular complexity index is 392. The predicted molar refractivity (Wildman–Crippen MR) is 52.0 cm³/mol. The molecule has 66 valence electrons. The lowest BCUT2D eigenvalue weighted by molar-refractivity contribution is 0.433. The van der Waals surface area contributed by atoms with E-state index in [-0.39, 0.29) is 0 Å². The van der Waals surface area contributed by atoms with Gasteiger partial charge in [0.1, 0.15) is 0 Å². The van der Waals surface area contributed by atoms with Crippen LogP contribution >= 0.6 is 11.3 Å². The van der Waals surface area contributed by atoms with Gasteiger partial charge in [0, 0.05) is 12.1 Å². The highest BCUT2D eigenvalue weighted by Gasteiger charge is 2.18. The Balaban J connectivity index is 2.27. The van der Waals surface area contributed by atoms with Gasteiger partial charge in [0.2, 0.25) is 0 Å². The first kappa shape index (κ1) is 7.15. The average molecular weight is 192 g/mol. The third-order valence-electron chi connectivity index (χ3n) is 2.23. The van der Waals surface area contributed by atoms with Gasteiger partial charge in [0.25, 0.3) is 0 Å². The molecule has 0 atom stereocenters. The van der Waals surface area contributed by atoms with E-state index in [9.17, 15) is 0 Å². The van der Waals surface area contributed by atoms with Crippen LogP contribution in [0.3, 0.4) is 0 Å². The minimum atomic E-state index is 0.940. The molecule has 3 nitrogen and oxygen atoms in total. The van der Waals surface area contributed by atoms with E-state index < -0.39 is 0 Å². The van der Waals surface area contributed by atoms with Crippen molar-refractivity contribution in [3.8, 4) is 10.6 Å². The second kappa shape index (κ2) is 2.60. The zero-order valence-electron chi connectivity index (χ0n) is 6.91. The Hall–Kier alpha value is -1.29. The Morgan fingerprint density at radius 3 is 3.54 bits per heavy atom. The highest BCUT2D eigenvalue weighted by atomic mass is 32.1. The summed E-state index contributed by atoms with van der Waals surface area (Å²) in [4.78, 5) is 1.17. The smallest absolute Gasteiger partial charge is 0.182 e. The van der Waals surface area contributed by atoms with Gasteiger partial charge >= 0.3 is 0 Å². The van der Waals surface area contributed by atoms with Crippen LogP contribution in [0.2, 0.25) is 0 Å². The highest BCUT2D eigenvalue weighted by Crippen LogP contribution is 2.37. The van der Waals surface area contributed by atoms with E-state index in [2.05, 4.69) is 21.9 Å². The fourth-order valence-electron chi connectivity index (χ4n) is 1.58. The zero-order chi connectivity index (χ0) is 8.67. The summed E-state index contributed by atoms with van der Waals surface area (Å²) in [5.74, 6) is 0.940. The Labute approximate surface area is 79.4 Å². The molecule has 0 fully saturated rings. The van der Waals surface area contributed by atoms with Crippen LogP contribution in [0.1, 0.15) is 5.56 Å². The third kappa shape index (κ3) is 0.986. The topological polar surface area (TPSA) is 38.1 Å². The number of fused-ring (bicyclic) bond motifs is 3. The second-order valence-electron chi connectivity index (χ2n) is 3.02. The Kier molecular flexibility index (Phi) is 1.43. The van der Waals surface area contributed by atoms with Crippen molar-refractivity contribution in [1.29, 1.82) is 0 Å². The van der Waals surface area contributed by atoms with Gasteiger partial charge in [-0.15, -0.1) is 11.3 Å². The summed E-state index contributed by atoms with van der Waals surface area (Å²) in [5.41, 5.74) is 2.37. The van der Waals surface area contributed by atoms with Gasteiger partial charge in [0.15, 0.2) is 5.76 Å². The molecule has 0 saturated heterocycles. The lowest BCUT2D eigenvalue weighted by atomic mass is 10.2. The van der Waals surface area contributed by atoms with E-state index in [0.29, 0.717) is 0 Å². The van der Waals surface area contributed by atoms with E-state index >= 15 is 0 Å². The SMILES string of the molecule is c1cc2c(s1)-c1oncc1CCN2. The van der Waals surface area contributed by atoms with Crippen molar-refractivity contribution in [3.63, 3.8) is 0 Å². The standard InChI is InChI=1S/C9H8N2OS/c1-3-10-7-2-4-13-9(7)8-6(1)5-11-12-8/h2,4-5,10H,1,3H2. The minimum Gasteiger partial charge on any atom is -0.383 e. The molecule has 0 unspecified atom stereocenters. The average Bonchev–Trinajstić information content (AvgIpc) is 2.72. The molecule has 1 aliphatic heterocycles. The van der Waals surface area contributed by atoms with Crippen LogP contribution in [0.15, 0.2) is 22.2 Å². The van der Waals surface area contributed by atoms with Crippen LogP contribution in [0, 0.1) is 0 Å². The van der Waals surface area contributed by atoms with Crippen molar-refractivity contribution in [3.05, 3.63) is 23.2 Å². The van der Waals surface area contributed by atoms with Gasteiger partial charge in [0.05, 0.1) is 16.8 Å². The molecular formula is C9H8N2OS. The minimum absolute atomic E-state index is 0.940. The van der Waals surface area contributed by atoms with Gasteiger partial charge in [-0.25, -0.2) is 0 Å². The summed E-state index contributed by atoms with van der Waals surface area (Å²) in [6.07, 6.45) is 2.80. The molecule has 1 aliphatic rings. The van der Waals surface area contributed by atoms with E-state index in [1.165, 1.54) is 16.1 Å². The van der Waals surface area contributed by atoms with Gasteiger partial charge in [-0.05, 0) is 17.9 Å². The van der Waals surface area contributed by atoms with Gasteiger partial charge in [-0.2, -0.15) is 0 Å². The third-order valence-corrected chi connectivity index (χ3v) is 3.14. The second-order valence-corrected chi connectivity index (χ2v) is 3.94. The van der Waals surface area contributed by atoms with Crippen molar-refractivity contribution < 1.29 is 4.52 Å². The molecule has 0 radical (unpaired) electrons. The van der Waals surface area contributed by atoms with Crippen LogP contribution in [-0.4, -0.2) is 11.7 Å².